The summed E-state index contributed by atoms with van der Waals surface area (Å²) in [5, 5.41) is 0.918. The molecule has 0 amide bonds. The Morgan fingerprint density at radius 3 is 2.73 bits per heavy atom. The van der Waals surface area contributed by atoms with E-state index in [-0.39, 0.29) is 0 Å². The zero-order valence-corrected chi connectivity index (χ0v) is 13.9. The van der Waals surface area contributed by atoms with Crippen molar-refractivity contribution in [3.05, 3.63) is 78.5 Å². The highest BCUT2D eigenvalue weighted by Crippen LogP contribution is 2.36. The Morgan fingerprint density at radius 2 is 1.85 bits per heavy atom. The average molecular weight is 340 g/mol. The van der Waals surface area contributed by atoms with E-state index in [1.807, 2.05) is 66.7 Å². The first-order chi connectivity index (χ1) is 14.1. The standard InChI is InChI=1S/C22H17N4/c1-24-20-17-11-5-6-12-18(17)26(16-9-3-2-4-10-16)22(20)25-14-15-8-7-13-23-19(15)21(24)25/h2-13H,14H2,1H3/q+1/i1D3. The van der Waals surface area contributed by atoms with Gasteiger partial charge in [-0.1, -0.05) is 36.4 Å². The van der Waals surface area contributed by atoms with Gasteiger partial charge in [-0.25, -0.2) is 14.1 Å². The van der Waals surface area contributed by atoms with Crippen LogP contribution in [0.15, 0.2) is 72.9 Å². The van der Waals surface area contributed by atoms with E-state index >= 15 is 0 Å². The van der Waals surface area contributed by atoms with Crippen LogP contribution >= 0.6 is 0 Å². The molecule has 1 aliphatic rings. The third-order valence-electron chi connectivity index (χ3n) is 5.22. The number of hydrogen-bond acceptors (Lipinski definition) is 1. The maximum atomic E-state index is 8.32. The molecule has 4 heterocycles. The number of para-hydroxylation sites is 2. The van der Waals surface area contributed by atoms with Gasteiger partial charge in [-0.3, -0.25) is 4.57 Å². The molecular weight excluding hydrogens is 320 g/mol. The van der Waals surface area contributed by atoms with Crippen molar-refractivity contribution in [2.75, 3.05) is 0 Å². The smallest absolute Gasteiger partial charge is 0.254 e. The minimum atomic E-state index is -2.33. The third-order valence-corrected chi connectivity index (χ3v) is 5.22. The minimum absolute atomic E-state index is 0.598. The molecule has 5 aromatic rings. The fourth-order valence-electron chi connectivity index (χ4n) is 4.17. The number of aryl methyl sites for hydroxylation is 1. The molecule has 0 saturated heterocycles. The number of aromatic nitrogens is 4. The zero-order valence-electron chi connectivity index (χ0n) is 16.9. The summed E-state index contributed by atoms with van der Waals surface area (Å²) in [5.74, 6) is 0.640. The van der Waals surface area contributed by atoms with Gasteiger partial charge in [0.15, 0.2) is 5.52 Å². The van der Waals surface area contributed by atoms with E-state index in [1.54, 1.807) is 6.20 Å². The highest BCUT2D eigenvalue weighted by atomic mass is 15.3. The van der Waals surface area contributed by atoms with Gasteiger partial charge in [0.2, 0.25) is 0 Å². The van der Waals surface area contributed by atoms with Crippen LogP contribution in [0, 0.1) is 0 Å². The summed E-state index contributed by atoms with van der Waals surface area (Å²) >= 11 is 0. The van der Waals surface area contributed by atoms with Crippen molar-refractivity contribution in [1.82, 2.24) is 14.1 Å². The Morgan fingerprint density at radius 1 is 1.00 bits per heavy atom. The first-order valence-corrected chi connectivity index (χ1v) is 8.63. The van der Waals surface area contributed by atoms with Crippen molar-refractivity contribution in [2.45, 2.75) is 6.54 Å². The van der Waals surface area contributed by atoms with Gasteiger partial charge < -0.3 is 0 Å². The van der Waals surface area contributed by atoms with E-state index in [2.05, 4.69) is 14.1 Å². The van der Waals surface area contributed by atoms with Gasteiger partial charge in [-0.2, -0.15) is 0 Å². The molecule has 2 aromatic carbocycles. The fourth-order valence-corrected chi connectivity index (χ4v) is 4.17. The summed E-state index contributed by atoms with van der Waals surface area (Å²) in [5.41, 5.74) is 5.36. The predicted molar refractivity (Wildman–Crippen MR) is 102 cm³/mol. The molecule has 0 atom stereocenters. The largest absolute Gasteiger partial charge is 0.275 e. The first kappa shape index (κ1) is 11.3. The third kappa shape index (κ3) is 1.59. The van der Waals surface area contributed by atoms with Crippen molar-refractivity contribution in [3.8, 4) is 17.2 Å². The van der Waals surface area contributed by atoms with Crippen molar-refractivity contribution in [3.63, 3.8) is 0 Å². The molecule has 124 valence electrons. The fraction of sp³-hybridized carbons (Fsp3) is 0.0909. The molecule has 0 N–H and O–H groups in total. The lowest BCUT2D eigenvalue weighted by molar-refractivity contribution is -0.648. The number of fused-ring (bicyclic) bond motifs is 7. The quantitative estimate of drug-likeness (QED) is 0.418. The number of nitrogens with zero attached hydrogens (tertiary/aromatic N) is 4. The molecule has 6 rings (SSSR count). The molecule has 0 spiro atoms. The normalized spacial score (nSPS) is 14.8. The number of hydrogen-bond donors (Lipinski definition) is 0. The van der Waals surface area contributed by atoms with Gasteiger partial charge in [0.1, 0.15) is 16.9 Å². The zero-order chi connectivity index (χ0) is 19.8. The summed E-state index contributed by atoms with van der Waals surface area (Å²) in [6.45, 7) is -1.73. The van der Waals surface area contributed by atoms with Crippen LogP contribution in [0.4, 0.5) is 0 Å². The van der Waals surface area contributed by atoms with Crippen LogP contribution < -0.4 is 4.57 Å². The maximum absolute atomic E-state index is 8.32. The van der Waals surface area contributed by atoms with Gasteiger partial charge in [0.05, 0.1) is 23.0 Å². The van der Waals surface area contributed by atoms with E-state index in [0.29, 0.717) is 12.4 Å². The molecule has 1 aliphatic heterocycles. The highest BCUT2D eigenvalue weighted by Gasteiger charge is 2.36. The Labute approximate surface area is 154 Å². The molecule has 3 aromatic heterocycles. The minimum Gasteiger partial charge on any atom is -0.254 e. The second-order valence-electron chi connectivity index (χ2n) is 6.62. The summed E-state index contributed by atoms with van der Waals surface area (Å²) in [6, 6.07) is 22.0. The van der Waals surface area contributed by atoms with Gasteiger partial charge >= 0.3 is 0 Å². The Balaban J connectivity index is 1.87. The van der Waals surface area contributed by atoms with E-state index in [1.165, 1.54) is 4.57 Å². The van der Waals surface area contributed by atoms with Crippen molar-refractivity contribution in [2.24, 2.45) is 6.98 Å². The molecule has 26 heavy (non-hydrogen) atoms. The van der Waals surface area contributed by atoms with Crippen LogP contribution in [-0.2, 0) is 13.5 Å². The molecule has 0 aliphatic carbocycles. The average Bonchev–Trinajstić information content (AvgIpc) is 3.34. The monoisotopic (exact) mass is 340 g/mol. The first-order valence-electron chi connectivity index (χ1n) is 10.1. The highest BCUT2D eigenvalue weighted by molar-refractivity contribution is 6.06. The van der Waals surface area contributed by atoms with E-state index in [4.69, 9.17) is 4.11 Å². The lowest BCUT2D eigenvalue weighted by Crippen LogP contribution is -2.33. The molecule has 0 saturated carbocycles. The summed E-state index contributed by atoms with van der Waals surface area (Å²) in [7, 11) is 0. The van der Waals surface area contributed by atoms with Gasteiger partial charge in [0, 0.05) is 11.8 Å². The molecule has 0 fully saturated rings. The summed E-state index contributed by atoms with van der Waals surface area (Å²) in [6.07, 6.45) is 1.72. The van der Waals surface area contributed by atoms with Crippen molar-refractivity contribution in [1.29, 1.82) is 0 Å². The lowest BCUT2D eigenvalue weighted by atomic mass is 10.2. The number of pyridine rings is 1. The molecule has 4 nitrogen and oxygen atoms in total. The molecule has 0 radical (unpaired) electrons. The van der Waals surface area contributed by atoms with Crippen LogP contribution in [-0.4, -0.2) is 14.1 Å². The second kappa shape index (κ2) is 4.82. The summed E-state index contributed by atoms with van der Waals surface area (Å²) in [4.78, 5) is 4.53. The van der Waals surface area contributed by atoms with Crippen LogP contribution in [0.2, 0.25) is 0 Å². The predicted octanol–water partition coefficient (Wildman–Crippen LogP) is 3.83. The lowest BCUT2D eigenvalue weighted by Gasteiger charge is -2.03. The molecular formula is C22H17N4+. The van der Waals surface area contributed by atoms with Gasteiger partial charge in [-0.15, -0.1) is 0 Å². The maximum Gasteiger partial charge on any atom is 0.275 e. The van der Waals surface area contributed by atoms with Crippen molar-refractivity contribution < 1.29 is 8.68 Å². The van der Waals surface area contributed by atoms with Crippen molar-refractivity contribution >= 4 is 22.1 Å². The second-order valence-corrected chi connectivity index (χ2v) is 6.62. The van der Waals surface area contributed by atoms with E-state index in [0.717, 1.165) is 39.0 Å². The van der Waals surface area contributed by atoms with E-state index < -0.39 is 6.98 Å². The van der Waals surface area contributed by atoms with Gasteiger partial charge in [-0.05, 0) is 30.3 Å². The number of rotatable bonds is 1. The van der Waals surface area contributed by atoms with Gasteiger partial charge in [0.25, 0.3) is 11.5 Å². The number of benzene rings is 2. The van der Waals surface area contributed by atoms with Crippen LogP contribution in [0.1, 0.15) is 9.68 Å². The molecule has 0 bridgehead atoms. The summed E-state index contributed by atoms with van der Waals surface area (Å²) < 4.78 is 30.7. The SMILES string of the molecule is [2H]C([2H])([2H])n1c2[n+](c3c1c1ccccc1n3-c1ccccc1)Cc1cccnc1-2. The van der Waals surface area contributed by atoms with Crippen LogP contribution in [0.25, 0.3) is 39.3 Å². The number of imidazole rings is 1. The topological polar surface area (TPSA) is 26.6 Å². The van der Waals surface area contributed by atoms with Crippen LogP contribution in [0.3, 0.4) is 0 Å². The molecule has 0 unspecified atom stereocenters. The van der Waals surface area contributed by atoms with E-state index in [9.17, 15) is 0 Å². The Bertz CT molecular complexity index is 1410. The Hall–Kier alpha value is -3.40. The van der Waals surface area contributed by atoms with Crippen LogP contribution in [0.5, 0.6) is 0 Å². The Kier molecular flexibility index (Phi) is 2.09. The molecule has 4 heteroatoms.